The molecule has 27 heavy (non-hydrogen) atoms. The normalized spacial score (nSPS) is 11.3. The van der Waals surface area contributed by atoms with E-state index in [4.69, 9.17) is 0 Å². The Morgan fingerprint density at radius 2 is 1.56 bits per heavy atom. The summed E-state index contributed by atoms with van der Waals surface area (Å²) in [5, 5.41) is 4.30. The van der Waals surface area contributed by atoms with Gasteiger partial charge in [0.15, 0.2) is 0 Å². The Bertz CT molecular complexity index is 1050. The third-order valence-corrected chi connectivity index (χ3v) is 4.76. The first kappa shape index (κ1) is 17.3. The Balaban J connectivity index is 1.83. The fraction of sp³-hybridized carbons (Fsp3) is 0.217. The van der Waals surface area contributed by atoms with Crippen LogP contribution in [0.1, 0.15) is 13.8 Å². The van der Waals surface area contributed by atoms with Crippen LogP contribution in [0.2, 0.25) is 0 Å². The van der Waals surface area contributed by atoms with Crippen LogP contribution in [0.3, 0.4) is 0 Å². The lowest BCUT2D eigenvalue weighted by molar-refractivity contribution is 0.533. The molecule has 0 spiro atoms. The van der Waals surface area contributed by atoms with Crippen LogP contribution >= 0.6 is 0 Å². The largest absolute Gasteiger partial charge is 0.372 e. The van der Waals surface area contributed by atoms with E-state index in [-0.39, 0.29) is 0 Å². The fourth-order valence-corrected chi connectivity index (χ4v) is 3.54. The van der Waals surface area contributed by atoms with E-state index in [1.807, 2.05) is 13.1 Å². The van der Waals surface area contributed by atoms with E-state index in [0.29, 0.717) is 5.92 Å². The standard InChI is InChI=1S/C23H24N4/c1-16(2)13-27-14-20(21-22(24-3)25-15-26-23(21)27)19-11-9-18(10-12-19)17-7-5-4-6-8-17/h4-12,14-16H,13H2,1-3H3,(H,24,25,26). The van der Waals surface area contributed by atoms with Gasteiger partial charge in [-0.25, -0.2) is 9.97 Å². The molecule has 0 fully saturated rings. The van der Waals surface area contributed by atoms with Crippen LogP contribution in [0.4, 0.5) is 5.82 Å². The molecule has 4 heteroatoms. The lowest BCUT2D eigenvalue weighted by Crippen LogP contribution is -2.04. The van der Waals surface area contributed by atoms with E-state index in [2.05, 4.69) is 88.4 Å². The van der Waals surface area contributed by atoms with Gasteiger partial charge >= 0.3 is 0 Å². The fourth-order valence-electron chi connectivity index (χ4n) is 3.54. The number of anilines is 1. The summed E-state index contributed by atoms with van der Waals surface area (Å²) in [6.07, 6.45) is 3.84. The Morgan fingerprint density at radius 3 is 2.22 bits per heavy atom. The van der Waals surface area contributed by atoms with Crippen molar-refractivity contribution in [2.45, 2.75) is 20.4 Å². The van der Waals surface area contributed by atoms with Gasteiger partial charge in [-0.2, -0.15) is 0 Å². The molecular weight excluding hydrogens is 332 g/mol. The first-order chi connectivity index (χ1) is 13.2. The van der Waals surface area contributed by atoms with Crippen LogP contribution in [-0.2, 0) is 6.54 Å². The van der Waals surface area contributed by atoms with Crippen molar-refractivity contribution in [2.24, 2.45) is 5.92 Å². The molecule has 0 atom stereocenters. The summed E-state index contributed by atoms with van der Waals surface area (Å²) in [7, 11) is 1.91. The van der Waals surface area contributed by atoms with Gasteiger partial charge in [-0.3, -0.25) is 0 Å². The molecule has 4 aromatic rings. The molecule has 0 unspecified atom stereocenters. The molecule has 4 rings (SSSR count). The van der Waals surface area contributed by atoms with Gasteiger partial charge in [0, 0.05) is 25.4 Å². The summed E-state index contributed by atoms with van der Waals surface area (Å²) in [5.41, 5.74) is 5.76. The van der Waals surface area contributed by atoms with E-state index in [0.717, 1.165) is 29.0 Å². The van der Waals surface area contributed by atoms with Crippen molar-refractivity contribution in [1.82, 2.24) is 14.5 Å². The summed E-state index contributed by atoms with van der Waals surface area (Å²) in [6, 6.07) is 19.2. The number of rotatable bonds is 5. The average Bonchev–Trinajstić information content (AvgIpc) is 3.07. The van der Waals surface area contributed by atoms with E-state index in [1.54, 1.807) is 6.33 Å². The highest BCUT2D eigenvalue weighted by atomic mass is 15.1. The van der Waals surface area contributed by atoms with Gasteiger partial charge in [0.25, 0.3) is 0 Å². The summed E-state index contributed by atoms with van der Waals surface area (Å²) in [6.45, 7) is 5.37. The van der Waals surface area contributed by atoms with E-state index in [1.165, 1.54) is 16.7 Å². The molecule has 2 aromatic heterocycles. The van der Waals surface area contributed by atoms with Crippen molar-refractivity contribution in [3.8, 4) is 22.3 Å². The second-order valence-electron chi connectivity index (χ2n) is 7.20. The summed E-state index contributed by atoms with van der Waals surface area (Å²) in [4.78, 5) is 9.00. The van der Waals surface area contributed by atoms with Crippen LogP contribution in [-0.4, -0.2) is 21.6 Å². The molecule has 4 nitrogen and oxygen atoms in total. The molecule has 0 radical (unpaired) electrons. The zero-order valence-corrected chi connectivity index (χ0v) is 16.0. The minimum Gasteiger partial charge on any atom is -0.372 e. The van der Waals surface area contributed by atoms with Crippen LogP contribution in [0.5, 0.6) is 0 Å². The van der Waals surface area contributed by atoms with Gasteiger partial charge in [-0.1, -0.05) is 68.4 Å². The third kappa shape index (κ3) is 3.31. The molecular formula is C23H24N4. The Morgan fingerprint density at radius 1 is 0.889 bits per heavy atom. The molecule has 1 N–H and O–H groups in total. The third-order valence-electron chi connectivity index (χ3n) is 4.76. The molecule has 0 bridgehead atoms. The molecule has 2 aromatic carbocycles. The van der Waals surface area contributed by atoms with Crippen LogP contribution in [0.15, 0.2) is 67.1 Å². The molecule has 0 amide bonds. The Hall–Kier alpha value is -3.14. The van der Waals surface area contributed by atoms with E-state index >= 15 is 0 Å². The Kier molecular flexibility index (Phi) is 4.63. The highest BCUT2D eigenvalue weighted by Gasteiger charge is 2.16. The summed E-state index contributed by atoms with van der Waals surface area (Å²) >= 11 is 0. The zero-order valence-electron chi connectivity index (χ0n) is 16.0. The number of nitrogens with one attached hydrogen (secondary N) is 1. The highest BCUT2D eigenvalue weighted by Crippen LogP contribution is 2.35. The lowest BCUT2D eigenvalue weighted by atomic mass is 10.0. The average molecular weight is 356 g/mol. The van der Waals surface area contributed by atoms with Gasteiger partial charge in [0.05, 0.1) is 5.39 Å². The highest BCUT2D eigenvalue weighted by molar-refractivity contribution is 6.01. The SMILES string of the molecule is CNc1ncnc2c1c(-c1ccc(-c3ccccc3)cc1)cn2CC(C)C. The number of hydrogen-bond donors (Lipinski definition) is 1. The lowest BCUT2D eigenvalue weighted by Gasteiger charge is -2.07. The van der Waals surface area contributed by atoms with Gasteiger partial charge in [-0.15, -0.1) is 0 Å². The first-order valence-corrected chi connectivity index (χ1v) is 9.35. The molecule has 0 saturated heterocycles. The van der Waals surface area contributed by atoms with Crippen molar-refractivity contribution in [3.05, 3.63) is 67.1 Å². The topological polar surface area (TPSA) is 42.7 Å². The molecule has 2 heterocycles. The number of hydrogen-bond acceptors (Lipinski definition) is 3. The smallest absolute Gasteiger partial charge is 0.146 e. The maximum atomic E-state index is 4.57. The van der Waals surface area contributed by atoms with Crippen LogP contribution in [0, 0.1) is 5.92 Å². The maximum Gasteiger partial charge on any atom is 0.146 e. The molecule has 136 valence electrons. The number of aromatic nitrogens is 3. The maximum absolute atomic E-state index is 4.57. The van der Waals surface area contributed by atoms with Gasteiger partial charge in [0.1, 0.15) is 17.8 Å². The number of nitrogens with zero attached hydrogens (tertiary/aromatic N) is 3. The minimum absolute atomic E-state index is 0.543. The minimum atomic E-state index is 0.543. The number of benzene rings is 2. The second kappa shape index (κ2) is 7.23. The van der Waals surface area contributed by atoms with Crippen molar-refractivity contribution in [1.29, 1.82) is 0 Å². The summed E-state index contributed by atoms with van der Waals surface area (Å²) in [5.74, 6) is 1.41. The van der Waals surface area contributed by atoms with Crippen molar-refractivity contribution < 1.29 is 0 Å². The van der Waals surface area contributed by atoms with E-state index in [9.17, 15) is 0 Å². The predicted octanol–water partition coefficient (Wildman–Crippen LogP) is 5.46. The molecule has 0 aliphatic rings. The van der Waals surface area contributed by atoms with Crippen LogP contribution < -0.4 is 5.32 Å². The van der Waals surface area contributed by atoms with E-state index < -0.39 is 0 Å². The van der Waals surface area contributed by atoms with Crippen LogP contribution in [0.25, 0.3) is 33.3 Å². The van der Waals surface area contributed by atoms with Gasteiger partial charge < -0.3 is 9.88 Å². The molecule has 0 saturated carbocycles. The first-order valence-electron chi connectivity index (χ1n) is 9.35. The quantitative estimate of drug-likeness (QED) is 0.516. The van der Waals surface area contributed by atoms with Crippen molar-refractivity contribution >= 4 is 16.9 Å². The number of fused-ring (bicyclic) bond motifs is 1. The van der Waals surface area contributed by atoms with Crippen molar-refractivity contribution in [3.63, 3.8) is 0 Å². The Labute approximate surface area is 159 Å². The monoisotopic (exact) mass is 356 g/mol. The van der Waals surface area contributed by atoms with Crippen molar-refractivity contribution in [2.75, 3.05) is 12.4 Å². The molecule has 0 aliphatic heterocycles. The summed E-state index contributed by atoms with van der Waals surface area (Å²) < 4.78 is 2.24. The second-order valence-corrected chi connectivity index (χ2v) is 7.20. The molecule has 0 aliphatic carbocycles. The zero-order chi connectivity index (χ0) is 18.8. The predicted molar refractivity (Wildman–Crippen MR) is 113 cm³/mol. The van der Waals surface area contributed by atoms with Gasteiger partial charge in [0.2, 0.25) is 0 Å². The van der Waals surface area contributed by atoms with Gasteiger partial charge in [-0.05, 0) is 22.6 Å².